The Kier molecular flexibility index (Phi) is 4.55. The monoisotopic (exact) mass is 429 g/mol. The minimum atomic E-state index is 0.637. The van der Waals surface area contributed by atoms with E-state index in [2.05, 4.69) is 78.1 Å². The molecule has 0 saturated carbocycles. The van der Waals surface area contributed by atoms with Crippen molar-refractivity contribution in [3.8, 4) is 22.4 Å². The standard InChI is InChI=1S/C30H25N2O/c1-19-11-14-24-28-25(31-2)16-15-23(22-13-12-20-8-4-5-9-21(20)18-22)29(28)33-30(24)27(19)26-10-6-7-17-32(26)3/h6-7,10-18H,4-5,8-9H2,1,3H3/q+1. The minimum Gasteiger partial charge on any atom is -0.456 e. The second-order valence-corrected chi connectivity index (χ2v) is 9.07. The SMILES string of the molecule is [C-]#[N+]c1ccc(-c2ccc3c(c2)CCCC3)c2oc3c(-c4cccc[n+]4C)c(C)ccc3c12. The van der Waals surface area contributed by atoms with Crippen LogP contribution in [0.1, 0.15) is 29.5 Å². The molecule has 1 aliphatic carbocycles. The van der Waals surface area contributed by atoms with Crippen molar-refractivity contribution >= 4 is 27.6 Å². The van der Waals surface area contributed by atoms with Crippen LogP contribution in [0.2, 0.25) is 0 Å². The van der Waals surface area contributed by atoms with Crippen molar-refractivity contribution in [3.63, 3.8) is 0 Å². The molecule has 0 radical (unpaired) electrons. The lowest BCUT2D eigenvalue weighted by atomic mass is 9.89. The van der Waals surface area contributed by atoms with Gasteiger partial charge in [-0.1, -0.05) is 42.5 Å². The van der Waals surface area contributed by atoms with Gasteiger partial charge in [0, 0.05) is 28.5 Å². The van der Waals surface area contributed by atoms with E-state index >= 15 is 0 Å². The summed E-state index contributed by atoms with van der Waals surface area (Å²) in [4.78, 5) is 3.85. The summed E-state index contributed by atoms with van der Waals surface area (Å²) in [6.07, 6.45) is 6.89. The van der Waals surface area contributed by atoms with E-state index in [0.29, 0.717) is 5.69 Å². The highest BCUT2D eigenvalue weighted by Gasteiger charge is 2.23. The van der Waals surface area contributed by atoms with E-state index in [4.69, 9.17) is 11.0 Å². The van der Waals surface area contributed by atoms with E-state index in [1.54, 1.807) is 0 Å². The van der Waals surface area contributed by atoms with Crippen LogP contribution in [0.3, 0.4) is 0 Å². The maximum absolute atomic E-state index is 7.81. The van der Waals surface area contributed by atoms with Gasteiger partial charge in [0.05, 0.1) is 12.1 Å². The van der Waals surface area contributed by atoms with Crippen LogP contribution in [0.15, 0.2) is 71.3 Å². The van der Waals surface area contributed by atoms with Gasteiger partial charge in [-0.05, 0) is 60.9 Å². The fraction of sp³-hybridized carbons (Fsp3) is 0.200. The van der Waals surface area contributed by atoms with Gasteiger partial charge in [0.15, 0.2) is 11.9 Å². The van der Waals surface area contributed by atoms with Crippen molar-refractivity contribution in [1.82, 2.24) is 0 Å². The molecule has 0 amide bonds. The van der Waals surface area contributed by atoms with Crippen LogP contribution in [0.4, 0.5) is 5.69 Å². The first-order chi connectivity index (χ1) is 16.2. The Balaban J connectivity index is 1.68. The van der Waals surface area contributed by atoms with Crippen molar-refractivity contribution in [2.24, 2.45) is 7.05 Å². The molecule has 0 saturated heterocycles. The van der Waals surface area contributed by atoms with E-state index in [1.807, 2.05) is 12.1 Å². The first kappa shape index (κ1) is 19.8. The Labute approximate surface area is 193 Å². The molecule has 160 valence electrons. The topological polar surface area (TPSA) is 21.4 Å². The summed E-state index contributed by atoms with van der Waals surface area (Å²) >= 11 is 0. The molecule has 3 nitrogen and oxygen atoms in total. The highest BCUT2D eigenvalue weighted by molar-refractivity contribution is 6.18. The lowest BCUT2D eigenvalue weighted by molar-refractivity contribution is -0.660. The van der Waals surface area contributed by atoms with Crippen molar-refractivity contribution in [1.29, 1.82) is 0 Å². The quantitative estimate of drug-likeness (QED) is 0.210. The number of fused-ring (bicyclic) bond motifs is 4. The lowest BCUT2D eigenvalue weighted by Gasteiger charge is -2.16. The summed E-state index contributed by atoms with van der Waals surface area (Å²) in [7, 11) is 2.05. The molecule has 33 heavy (non-hydrogen) atoms. The maximum atomic E-state index is 7.81. The Morgan fingerprint density at radius 3 is 2.58 bits per heavy atom. The van der Waals surface area contributed by atoms with Crippen molar-refractivity contribution in [3.05, 3.63) is 95.0 Å². The highest BCUT2D eigenvalue weighted by Crippen LogP contribution is 2.44. The van der Waals surface area contributed by atoms with Crippen LogP contribution in [-0.2, 0) is 19.9 Å². The molecule has 5 aromatic rings. The smallest absolute Gasteiger partial charge is 0.216 e. The predicted octanol–water partition coefficient (Wildman–Crippen LogP) is 7.48. The van der Waals surface area contributed by atoms with Gasteiger partial charge in [0.2, 0.25) is 5.69 Å². The molecule has 0 spiro atoms. The molecule has 0 unspecified atom stereocenters. The zero-order valence-electron chi connectivity index (χ0n) is 19.0. The average Bonchev–Trinajstić information content (AvgIpc) is 3.23. The number of hydrogen-bond acceptors (Lipinski definition) is 1. The number of furan rings is 1. The third-order valence-electron chi connectivity index (χ3n) is 7.07. The maximum Gasteiger partial charge on any atom is 0.216 e. The number of benzene rings is 3. The summed E-state index contributed by atoms with van der Waals surface area (Å²) in [5, 5.41) is 1.91. The lowest BCUT2D eigenvalue weighted by Crippen LogP contribution is -2.30. The minimum absolute atomic E-state index is 0.637. The summed E-state index contributed by atoms with van der Waals surface area (Å²) in [6, 6.07) is 21.3. The second-order valence-electron chi connectivity index (χ2n) is 9.07. The van der Waals surface area contributed by atoms with Gasteiger partial charge in [-0.3, -0.25) is 0 Å². The van der Waals surface area contributed by atoms with Crippen molar-refractivity contribution < 1.29 is 8.98 Å². The van der Waals surface area contributed by atoms with Gasteiger partial charge in [-0.25, -0.2) is 9.41 Å². The predicted molar refractivity (Wildman–Crippen MR) is 133 cm³/mol. The number of nitrogens with zero attached hydrogens (tertiary/aromatic N) is 2. The number of rotatable bonds is 2. The van der Waals surface area contributed by atoms with Crippen molar-refractivity contribution in [2.75, 3.05) is 0 Å². The molecular weight excluding hydrogens is 404 g/mol. The molecule has 2 aromatic heterocycles. The van der Waals surface area contributed by atoms with E-state index < -0.39 is 0 Å². The zero-order valence-corrected chi connectivity index (χ0v) is 19.0. The second kappa shape index (κ2) is 7.60. The summed E-state index contributed by atoms with van der Waals surface area (Å²) in [5.74, 6) is 0. The van der Waals surface area contributed by atoms with Crippen LogP contribution in [0.5, 0.6) is 0 Å². The van der Waals surface area contributed by atoms with Crippen LogP contribution < -0.4 is 4.57 Å². The van der Waals surface area contributed by atoms with Gasteiger partial charge in [0.25, 0.3) is 0 Å². The highest BCUT2D eigenvalue weighted by atomic mass is 16.3. The van der Waals surface area contributed by atoms with E-state index in [0.717, 1.165) is 50.7 Å². The fourth-order valence-electron chi connectivity index (χ4n) is 5.35. The van der Waals surface area contributed by atoms with Crippen LogP contribution >= 0.6 is 0 Å². The fourth-order valence-corrected chi connectivity index (χ4v) is 5.35. The number of aryl methyl sites for hydroxylation is 4. The van der Waals surface area contributed by atoms with E-state index in [-0.39, 0.29) is 0 Å². The Morgan fingerprint density at radius 2 is 1.76 bits per heavy atom. The first-order valence-electron chi connectivity index (χ1n) is 11.6. The molecule has 3 heteroatoms. The van der Waals surface area contributed by atoms with E-state index in [1.165, 1.54) is 36.0 Å². The molecule has 0 bridgehead atoms. The molecule has 0 fully saturated rings. The van der Waals surface area contributed by atoms with Gasteiger partial charge < -0.3 is 4.42 Å². The van der Waals surface area contributed by atoms with Gasteiger partial charge in [0.1, 0.15) is 18.2 Å². The molecule has 0 atom stereocenters. The Bertz CT molecular complexity index is 1600. The number of aromatic nitrogens is 1. The van der Waals surface area contributed by atoms with Crippen LogP contribution in [0.25, 0.3) is 49.2 Å². The Morgan fingerprint density at radius 1 is 0.909 bits per heavy atom. The molecule has 1 aliphatic rings. The molecule has 0 N–H and O–H groups in total. The number of pyridine rings is 1. The largest absolute Gasteiger partial charge is 0.456 e. The number of hydrogen-bond donors (Lipinski definition) is 0. The summed E-state index contributed by atoms with van der Waals surface area (Å²) < 4.78 is 8.81. The molecule has 3 aromatic carbocycles. The molecule has 2 heterocycles. The third kappa shape index (κ3) is 3.06. The molecule has 0 aliphatic heterocycles. The normalized spacial score (nSPS) is 13.2. The van der Waals surface area contributed by atoms with Crippen LogP contribution in [0, 0.1) is 13.5 Å². The summed E-state index contributed by atoms with van der Waals surface area (Å²) in [5.41, 5.74) is 10.8. The van der Waals surface area contributed by atoms with Gasteiger partial charge in [-0.2, -0.15) is 0 Å². The first-order valence-corrected chi connectivity index (χ1v) is 11.6. The van der Waals surface area contributed by atoms with Gasteiger partial charge in [-0.15, -0.1) is 0 Å². The van der Waals surface area contributed by atoms with Crippen molar-refractivity contribution in [2.45, 2.75) is 32.6 Å². The third-order valence-corrected chi connectivity index (χ3v) is 7.07. The summed E-state index contributed by atoms with van der Waals surface area (Å²) in [6.45, 7) is 9.93. The van der Waals surface area contributed by atoms with E-state index in [9.17, 15) is 0 Å². The Hall–Kier alpha value is -3.90. The average molecular weight is 430 g/mol. The molecule has 6 rings (SSSR count). The van der Waals surface area contributed by atoms with Crippen LogP contribution in [-0.4, -0.2) is 0 Å². The molecular formula is C30H25N2O+. The van der Waals surface area contributed by atoms with Gasteiger partial charge >= 0.3 is 0 Å². The zero-order chi connectivity index (χ0) is 22.5.